The van der Waals surface area contributed by atoms with E-state index >= 15 is 0 Å². The van der Waals surface area contributed by atoms with Crippen LogP contribution in [0.15, 0.2) is 11.6 Å². The van der Waals surface area contributed by atoms with E-state index in [2.05, 4.69) is 9.88 Å². The highest BCUT2D eigenvalue weighted by Gasteiger charge is 2.21. The van der Waals surface area contributed by atoms with Gasteiger partial charge in [0.15, 0.2) is 16.5 Å². The van der Waals surface area contributed by atoms with Crippen molar-refractivity contribution in [2.45, 2.75) is 6.42 Å². The number of carboxylic acids is 1. The molecule has 0 atom stereocenters. The minimum atomic E-state index is -0.944. The molecule has 19 heavy (non-hydrogen) atoms. The molecule has 2 rings (SSSR count). The molecule has 2 aromatic heterocycles. The summed E-state index contributed by atoms with van der Waals surface area (Å²) in [6, 6.07) is 0. The van der Waals surface area contributed by atoms with Crippen LogP contribution in [0.1, 0.15) is 16.9 Å². The summed E-state index contributed by atoms with van der Waals surface area (Å²) >= 11 is 1.44. The first-order valence-corrected chi connectivity index (χ1v) is 6.93. The van der Waals surface area contributed by atoms with E-state index in [0.717, 1.165) is 19.5 Å². The Kier molecular flexibility index (Phi) is 4.06. The molecule has 1 N–H and O–H groups in total. The lowest BCUT2D eigenvalue weighted by Crippen LogP contribution is -2.25. The Balaban J connectivity index is 2.21. The zero-order valence-electron chi connectivity index (χ0n) is 11.3. The lowest BCUT2D eigenvalue weighted by molar-refractivity contribution is 0.0690. The quantitative estimate of drug-likeness (QED) is 0.869. The zero-order chi connectivity index (χ0) is 14.0. The maximum Gasteiger partial charge on any atom is 0.356 e. The van der Waals surface area contributed by atoms with Crippen LogP contribution >= 0.6 is 11.3 Å². The fourth-order valence-electron chi connectivity index (χ4n) is 1.97. The minimum absolute atomic E-state index is 0.239. The van der Waals surface area contributed by atoms with E-state index < -0.39 is 5.97 Å². The van der Waals surface area contributed by atoms with Crippen molar-refractivity contribution in [2.24, 2.45) is 0 Å². The number of nitrogens with zero attached hydrogens (tertiary/aromatic N) is 4. The van der Waals surface area contributed by atoms with Crippen LogP contribution in [0.2, 0.25) is 0 Å². The van der Waals surface area contributed by atoms with E-state index in [1.54, 1.807) is 10.6 Å². The fraction of sp³-hybridized carbons (Fsp3) is 0.500. The highest BCUT2D eigenvalue weighted by Crippen LogP contribution is 2.24. The Morgan fingerprint density at radius 1 is 1.42 bits per heavy atom. The number of carbonyl (C=O) groups is 1. The largest absolute Gasteiger partial charge is 0.476 e. The van der Waals surface area contributed by atoms with E-state index in [1.165, 1.54) is 11.3 Å². The Bertz CT molecular complexity index is 575. The summed E-state index contributed by atoms with van der Waals surface area (Å²) in [6.07, 6.45) is 2.71. The van der Waals surface area contributed by atoms with E-state index in [9.17, 15) is 9.90 Å². The van der Waals surface area contributed by atoms with Crippen LogP contribution in [0.4, 0.5) is 5.82 Å². The van der Waals surface area contributed by atoms with Gasteiger partial charge >= 0.3 is 5.97 Å². The van der Waals surface area contributed by atoms with Gasteiger partial charge in [-0.3, -0.25) is 4.40 Å². The van der Waals surface area contributed by atoms with E-state index in [1.807, 2.05) is 31.4 Å². The predicted octanol–water partition coefficient (Wildman–Crippen LogP) is 1.48. The molecule has 0 saturated heterocycles. The van der Waals surface area contributed by atoms with Gasteiger partial charge in [0.1, 0.15) is 0 Å². The summed E-state index contributed by atoms with van der Waals surface area (Å²) in [5, 5.41) is 11.2. The number of hydrogen-bond donors (Lipinski definition) is 1. The second-order valence-corrected chi connectivity index (χ2v) is 5.60. The van der Waals surface area contributed by atoms with E-state index in [4.69, 9.17) is 0 Å². The molecule has 0 spiro atoms. The number of anilines is 1. The summed E-state index contributed by atoms with van der Waals surface area (Å²) in [4.78, 5) is 20.5. The number of imidazole rings is 1. The maximum absolute atomic E-state index is 11.4. The molecule has 0 saturated carbocycles. The van der Waals surface area contributed by atoms with Crippen molar-refractivity contribution in [1.82, 2.24) is 14.3 Å². The number of hydrogen-bond acceptors (Lipinski definition) is 5. The first-order valence-electron chi connectivity index (χ1n) is 6.05. The zero-order valence-corrected chi connectivity index (χ0v) is 12.1. The summed E-state index contributed by atoms with van der Waals surface area (Å²) in [5.41, 5.74) is 0.239. The highest BCUT2D eigenvalue weighted by atomic mass is 32.1. The third kappa shape index (κ3) is 2.87. The van der Waals surface area contributed by atoms with Crippen LogP contribution in [0.5, 0.6) is 0 Å². The van der Waals surface area contributed by atoms with Crippen LogP contribution in [-0.4, -0.2) is 59.6 Å². The van der Waals surface area contributed by atoms with Crippen molar-refractivity contribution in [3.05, 3.63) is 17.3 Å². The molecule has 0 aromatic carbocycles. The number of rotatable bonds is 6. The van der Waals surface area contributed by atoms with E-state index in [-0.39, 0.29) is 5.69 Å². The van der Waals surface area contributed by atoms with Gasteiger partial charge in [0.25, 0.3) is 0 Å². The molecule has 2 aromatic rings. The van der Waals surface area contributed by atoms with Crippen LogP contribution in [0.3, 0.4) is 0 Å². The molecule has 0 aliphatic heterocycles. The van der Waals surface area contributed by atoms with Gasteiger partial charge < -0.3 is 14.9 Å². The van der Waals surface area contributed by atoms with Crippen molar-refractivity contribution in [3.63, 3.8) is 0 Å². The van der Waals surface area contributed by atoms with Crippen LogP contribution in [0.25, 0.3) is 4.96 Å². The van der Waals surface area contributed by atoms with Crippen LogP contribution in [0, 0.1) is 0 Å². The molecular formula is C12H18N4O2S. The van der Waals surface area contributed by atoms with Gasteiger partial charge in [-0.1, -0.05) is 0 Å². The smallest absolute Gasteiger partial charge is 0.356 e. The second kappa shape index (κ2) is 5.58. The number of aromatic nitrogens is 2. The average molecular weight is 282 g/mol. The number of carboxylic acid groups (broad SMARTS) is 1. The third-order valence-corrected chi connectivity index (χ3v) is 3.66. The monoisotopic (exact) mass is 282 g/mol. The van der Waals surface area contributed by atoms with Gasteiger partial charge in [-0.2, -0.15) is 0 Å². The van der Waals surface area contributed by atoms with Crippen LogP contribution in [-0.2, 0) is 0 Å². The molecule has 0 aliphatic rings. The number of aromatic carboxylic acids is 1. The summed E-state index contributed by atoms with van der Waals surface area (Å²) in [5.74, 6) is -0.404. The molecule has 6 nitrogen and oxygen atoms in total. The summed E-state index contributed by atoms with van der Waals surface area (Å²) in [6.45, 7) is 1.75. The van der Waals surface area contributed by atoms with Crippen molar-refractivity contribution < 1.29 is 9.90 Å². The predicted molar refractivity (Wildman–Crippen MR) is 76.5 cm³/mol. The average Bonchev–Trinajstić information content (AvgIpc) is 2.86. The molecule has 0 aliphatic carbocycles. The molecule has 7 heteroatoms. The summed E-state index contributed by atoms with van der Waals surface area (Å²) in [7, 11) is 5.93. The van der Waals surface area contributed by atoms with Gasteiger partial charge in [0, 0.05) is 25.2 Å². The lowest BCUT2D eigenvalue weighted by atomic mass is 10.3. The van der Waals surface area contributed by atoms with Gasteiger partial charge in [-0.25, -0.2) is 9.78 Å². The van der Waals surface area contributed by atoms with Crippen molar-refractivity contribution in [2.75, 3.05) is 39.1 Å². The number of thiazole rings is 1. The molecule has 104 valence electrons. The van der Waals surface area contributed by atoms with Crippen LogP contribution < -0.4 is 4.90 Å². The molecule has 0 bridgehead atoms. The molecular weight excluding hydrogens is 264 g/mol. The second-order valence-electron chi connectivity index (χ2n) is 4.72. The first kappa shape index (κ1) is 13.8. The minimum Gasteiger partial charge on any atom is -0.476 e. The van der Waals surface area contributed by atoms with Crippen molar-refractivity contribution in [3.8, 4) is 0 Å². The normalized spacial score (nSPS) is 11.4. The summed E-state index contributed by atoms with van der Waals surface area (Å²) < 4.78 is 1.63. The standard InChI is InChI=1S/C12H18N4O2S/c1-14(2)5-4-6-15(3)10-9(11(17)18)16-7-8-19-12(16)13-10/h7-8H,4-6H2,1-3H3,(H,17,18). The Morgan fingerprint density at radius 2 is 2.16 bits per heavy atom. The SMILES string of the molecule is CN(C)CCCN(C)c1nc2sccn2c1C(=O)O. The number of fused-ring (bicyclic) bond motifs is 1. The van der Waals surface area contributed by atoms with Gasteiger partial charge in [0.2, 0.25) is 0 Å². The first-order chi connectivity index (χ1) is 9.00. The fourth-order valence-corrected chi connectivity index (χ4v) is 2.68. The molecule has 2 heterocycles. The third-order valence-electron chi connectivity index (χ3n) is 2.91. The molecule has 0 amide bonds. The van der Waals surface area contributed by atoms with Gasteiger partial charge in [0.05, 0.1) is 0 Å². The molecule has 0 fully saturated rings. The van der Waals surface area contributed by atoms with Crippen molar-refractivity contribution in [1.29, 1.82) is 0 Å². The van der Waals surface area contributed by atoms with E-state index in [0.29, 0.717) is 10.8 Å². The lowest BCUT2D eigenvalue weighted by Gasteiger charge is -2.18. The Hall–Kier alpha value is -1.60. The van der Waals surface area contributed by atoms with Crippen molar-refractivity contribution >= 4 is 28.1 Å². The molecule has 0 radical (unpaired) electrons. The Labute approximate surface area is 115 Å². The van der Waals surface area contributed by atoms with Gasteiger partial charge in [-0.15, -0.1) is 11.3 Å². The highest BCUT2D eigenvalue weighted by molar-refractivity contribution is 7.15. The Morgan fingerprint density at radius 3 is 2.79 bits per heavy atom. The topological polar surface area (TPSA) is 61.1 Å². The maximum atomic E-state index is 11.4. The molecule has 0 unspecified atom stereocenters. The van der Waals surface area contributed by atoms with Gasteiger partial charge in [-0.05, 0) is 27.1 Å².